The molecule has 2 fully saturated rings. The highest BCUT2D eigenvalue weighted by Gasteiger charge is 2.37. The van der Waals surface area contributed by atoms with Crippen molar-refractivity contribution in [2.75, 3.05) is 19.6 Å². The first-order valence-electron chi connectivity index (χ1n) is 7.48. The monoisotopic (exact) mass is 336 g/mol. The van der Waals surface area contributed by atoms with Crippen molar-refractivity contribution in [1.82, 2.24) is 10.2 Å². The fraction of sp³-hybridized carbons (Fsp3) is 0.562. The molecule has 0 aromatic heterocycles. The largest absolute Gasteiger partial charge is 0.337 e. The molecule has 2 aliphatic heterocycles. The highest BCUT2D eigenvalue weighted by Crippen LogP contribution is 2.30. The minimum Gasteiger partial charge on any atom is -0.337 e. The van der Waals surface area contributed by atoms with Crippen LogP contribution in [0.4, 0.5) is 0 Å². The Morgan fingerprint density at radius 3 is 2.85 bits per heavy atom. The summed E-state index contributed by atoms with van der Waals surface area (Å²) in [6.45, 7) is 2.84. The Morgan fingerprint density at radius 2 is 2.10 bits per heavy atom. The molecule has 1 atom stereocenters. The van der Waals surface area contributed by atoms with E-state index >= 15 is 0 Å². The number of nitrogens with zero attached hydrogens (tertiary/aromatic N) is 1. The van der Waals surface area contributed by atoms with E-state index in [1.807, 2.05) is 29.2 Å². The van der Waals surface area contributed by atoms with Gasteiger partial charge in [-0.2, -0.15) is 0 Å². The smallest absolute Gasteiger partial charge is 0.253 e. The summed E-state index contributed by atoms with van der Waals surface area (Å²) < 4.78 is 0.964. The summed E-state index contributed by atoms with van der Waals surface area (Å²) in [4.78, 5) is 14.7. The highest BCUT2D eigenvalue weighted by molar-refractivity contribution is 9.10. The van der Waals surface area contributed by atoms with Gasteiger partial charge >= 0.3 is 0 Å². The molecule has 1 aromatic carbocycles. The molecule has 1 spiro atoms. The summed E-state index contributed by atoms with van der Waals surface area (Å²) in [5.74, 6) is 0.165. The SMILES string of the molecule is O=C(c1cccc(Br)c1)N1CCCC2(CCCCN2)C1. The van der Waals surface area contributed by atoms with Crippen LogP contribution in [0.15, 0.2) is 28.7 Å². The molecule has 0 aliphatic carbocycles. The van der Waals surface area contributed by atoms with Crippen LogP contribution >= 0.6 is 15.9 Å². The van der Waals surface area contributed by atoms with Crippen LogP contribution in [0.1, 0.15) is 42.5 Å². The number of likely N-dealkylation sites (tertiary alicyclic amines) is 1. The third-order valence-electron chi connectivity index (χ3n) is 4.52. The zero-order valence-electron chi connectivity index (χ0n) is 11.7. The van der Waals surface area contributed by atoms with E-state index in [-0.39, 0.29) is 11.4 Å². The molecule has 3 nitrogen and oxygen atoms in total. The van der Waals surface area contributed by atoms with Gasteiger partial charge in [0, 0.05) is 28.7 Å². The van der Waals surface area contributed by atoms with Crippen molar-refractivity contribution >= 4 is 21.8 Å². The van der Waals surface area contributed by atoms with E-state index in [9.17, 15) is 4.79 Å². The summed E-state index contributed by atoms with van der Waals surface area (Å²) in [5, 5.41) is 3.68. The standard InChI is InChI=1S/C16H21BrN2O/c17-14-6-3-5-13(11-14)15(20)19-10-4-8-16(12-19)7-1-2-9-18-16/h3,5-6,11,18H,1-2,4,7-10,12H2. The molecule has 20 heavy (non-hydrogen) atoms. The van der Waals surface area contributed by atoms with Crippen LogP contribution in [0, 0.1) is 0 Å². The average Bonchev–Trinajstić information content (AvgIpc) is 2.47. The lowest BCUT2D eigenvalue weighted by molar-refractivity contribution is 0.0555. The topological polar surface area (TPSA) is 32.3 Å². The first-order valence-corrected chi connectivity index (χ1v) is 8.28. The average molecular weight is 337 g/mol. The molecule has 0 radical (unpaired) electrons. The second kappa shape index (κ2) is 5.86. The molecule has 4 heteroatoms. The number of nitrogens with one attached hydrogen (secondary N) is 1. The molecular formula is C16H21BrN2O. The number of halogens is 1. The number of piperidine rings is 2. The zero-order chi connectivity index (χ0) is 14.0. The molecule has 108 valence electrons. The molecule has 0 bridgehead atoms. The van der Waals surface area contributed by atoms with E-state index in [4.69, 9.17) is 0 Å². The molecule has 1 unspecified atom stereocenters. The van der Waals surface area contributed by atoms with Gasteiger partial charge in [0.1, 0.15) is 0 Å². The molecule has 1 N–H and O–H groups in total. The molecular weight excluding hydrogens is 316 g/mol. The third kappa shape index (κ3) is 2.91. The molecule has 2 heterocycles. The van der Waals surface area contributed by atoms with E-state index in [0.29, 0.717) is 0 Å². The molecule has 1 amide bonds. The molecule has 1 aromatic rings. The third-order valence-corrected chi connectivity index (χ3v) is 5.01. The van der Waals surface area contributed by atoms with Gasteiger partial charge in [-0.05, 0) is 50.4 Å². The number of hydrogen-bond donors (Lipinski definition) is 1. The van der Waals surface area contributed by atoms with Crippen molar-refractivity contribution in [3.63, 3.8) is 0 Å². The van der Waals surface area contributed by atoms with Crippen molar-refractivity contribution < 1.29 is 4.79 Å². The van der Waals surface area contributed by atoms with E-state index in [1.54, 1.807) is 0 Å². The lowest BCUT2D eigenvalue weighted by Crippen LogP contribution is -2.59. The number of carbonyl (C=O) groups is 1. The van der Waals surface area contributed by atoms with Crippen LogP contribution in [-0.2, 0) is 0 Å². The summed E-state index contributed by atoms with van der Waals surface area (Å²) in [6.07, 6.45) is 6.06. The van der Waals surface area contributed by atoms with Crippen LogP contribution in [-0.4, -0.2) is 36.0 Å². The number of hydrogen-bond acceptors (Lipinski definition) is 2. The summed E-state index contributed by atoms with van der Waals surface area (Å²) >= 11 is 3.44. The number of benzene rings is 1. The normalized spacial score (nSPS) is 26.8. The summed E-state index contributed by atoms with van der Waals surface area (Å²) in [5.41, 5.74) is 0.963. The Balaban J connectivity index is 1.74. The highest BCUT2D eigenvalue weighted by atomic mass is 79.9. The van der Waals surface area contributed by atoms with Crippen LogP contribution in [0.3, 0.4) is 0 Å². The predicted octanol–water partition coefficient (Wildman–Crippen LogP) is 3.20. The maximum absolute atomic E-state index is 12.7. The maximum atomic E-state index is 12.7. The van der Waals surface area contributed by atoms with E-state index in [2.05, 4.69) is 21.2 Å². The Kier molecular flexibility index (Phi) is 4.13. The van der Waals surface area contributed by atoms with Gasteiger partial charge in [0.05, 0.1) is 0 Å². The van der Waals surface area contributed by atoms with Crippen LogP contribution < -0.4 is 5.32 Å². The van der Waals surface area contributed by atoms with Gasteiger partial charge in [-0.1, -0.05) is 28.4 Å². The second-order valence-electron chi connectivity index (χ2n) is 6.00. The second-order valence-corrected chi connectivity index (χ2v) is 6.92. The molecule has 2 aliphatic rings. The van der Waals surface area contributed by atoms with Crippen molar-refractivity contribution in [3.8, 4) is 0 Å². The van der Waals surface area contributed by atoms with Crippen molar-refractivity contribution in [2.24, 2.45) is 0 Å². The number of amides is 1. The fourth-order valence-corrected chi connectivity index (χ4v) is 3.89. The van der Waals surface area contributed by atoms with Crippen LogP contribution in [0.5, 0.6) is 0 Å². The van der Waals surface area contributed by atoms with Crippen molar-refractivity contribution in [1.29, 1.82) is 0 Å². The minimum atomic E-state index is 0.165. The van der Waals surface area contributed by atoms with Crippen molar-refractivity contribution in [2.45, 2.75) is 37.6 Å². The lowest BCUT2D eigenvalue weighted by Gasteiger charge is -2.46. The van der Waals surface area contributed by atoms with E-state index in [1.165, 1.54) is 25.7 Å². The lowest BCUT2D eigenvalue weighted by atomic mass is 9.81. The Bertz CT molecular complexity index is 491. The molecule has 0 saturated carbocycles. The number of carbonyl (C=O) groups excluding carboxylic acids is 1. The van der Waals surface area contributed by atoms with Gasteiger partial charge in [0.15, 0.2) is 0 Å². The molecule has 2 saturated heterocycles. The van der Waals surface area contributed by atoms with Gasteiger partial charge < -0.3 is 10.2 Å². The molecule has 3 rings (SSSR count). The maximum Gasteiger partial charge on any atom is 0.253 e. The first-order chi connectivity index (χ1) is 9.69. The summed E-state index contributed by atoms with van der Waals surface area (Å²) in [7, 11) is 0. The van der Waals surface area contributed by atoms with Gasteiger partial charge in [-0.25, -0.2) is 0 Å². The quantitative estimate of drug-likeness (QED) is 0.854. The zero-order valence-corrected chi connectivity index (χ0v) is 13.3. The minimum absolute atomic E-state index is 0.165. The van der Waals surface area contributed by atoms with Crippen LogP contribution in [0.25, 0.3) is 0 Å². The van der Waals surface area contributed by atoms with Gasteiger partial charge in [-0.15, -0.1) is 0 Å². The van der Waals surface area contributed by atoms with E-state index in [0.717, 1.165) is 36.1 Å². The predicted molar refractivity (Wildman–Crippen MR) is 83.9 cm³/mol. The number of rotatable bonds is 1. The Hall–Kier alpha value is -0.870. The first kappa shape index (κ1) is 14.1. The van der Waals surface area contributed by atoms with Crippen LogP contribution in [0.2, 0.25) is 0 Å². The van der Waals surface area contributed by atoms with Gasteiger partial charge in [0.2, 0.25) is 0 Å². The van der Waals surface area contributed by atoms with Gasteiger partial charge in [-0.3, -0.25) is 4.79 Å². The summed E-state index contributed by atoms with van der Waals surface area (Å²) in [6, 6.07) is 7.70. The fourth-order valence-electron chi connectivity index (χ4n) is 3.49. The van der Waals surface area contributed by atoms with Crippen molar-refractivity contribution in [3.05, 3.63) is 34.3 Å². The van der Waals surface area contributed by atoms with Gasteiger partial charge in [0.25, 0.3) is 5.91 Å². The Morgan fingerprint density at radius 1 is 1.25 bits per heavy atom. The van der Waals surface area contributed by atoms with E-state index < -0.39 is 0 Å². The Labute approximate surface area is 128 Å².